The normalized spacial score (nSPS) is 23.2. The lowest BCUT2D eigenvalue weighted by Crippen LogP contribution is -2.74. The summed E-state index contributed by atoms with van der Waals surface area (Å²) in [5.41, 5.74) is 5.66. The van der Waals surface area contributed by atoms with E-state index in [1.54, 1.807) is 6.20 Å². The first kappa shape index (κ1) is 22.7. The smallest absolute Gasteiger partial charge is 0.247 e. The number of nitrogens with zero attached hydrogens (tertiary/aromatic N) is 3. The molecule has 0 saturated heterocycles. The molecule has 3 N–H and O–H groups in total. The minimum absolute atomic E-state index is 0. The first-order valence-corrected chi connectivity index (χ1v) is 8.67. The number of nitrogens with one attached hydrogen (secondary N) is 1. The van der Waals surface area contributed by atoms with Crippen LogP contribution in [0.4, 0.5) is 5.13 Å². The SMILES string of the molecule is CCOC1CC(N)(C(=O)Nc2nnc(-c3ccccn3)s2)C1(C)C.Cl.Cl. The number of rotatable bonds is 5. The molecule has 0 radical (unpaired) electrons. The van der Waals surface area contributed by atoms with E-state index in [1.807, 2.05) is 39.0 Å². The summed E-state index contributed by atoms with van der Waals surface area (Å²) in [4.78, 5) is 16.9. The Kier molecular flexibility index (Phi) is 7.50. The lowest BCUT2D eigenvalue weighted by molar-refractivity contribution is -0.166. The van der Waals surface area contributed by atoms with Gasteiger partial charge in [-0.1, -0.05) is 31.3 Å². The van der Waals surface area contributed by atoms with Crippen LogP contribution in [0.3, 0.4) is 0 Å². The molecule has 7 nitrogen and oxygen atoms in total. The fourth-order valence-electron chi connectivity index (χ4n) is 2.90. The molecule has 0 spiro atoms. The van der Waals surface area contributed by atoms with Crippen molar-refractivity contribution in [3.05, 3.63) is 24.4 Å². The average Bonchev–Trinajstić information content (AvgIpc) is 3.03. The van der Waals surface area contributed by atoms with Gasteiger partial charge in [0.05, 0.1) is 6.10 Å². The Labute approximate surface area is 169 Å². The summed E-state index contributed by atoms with van der Waals surface area (Å²) in [5, 5.41) is 11.9. The van der Waals surface area contributed by atoms with Crippen molar-refractivity contribution in [3.8, 4) is 10.7 Å². The van der Waals surface area contributed by atoms with Gasteiger partial charge in [-0.2, -0.15) is 0 Å². The van der Waals surface area contributed by atoms with Gasteiger partial charge in [-0.15, -0.1) is 35.0 Å². The first-order valence-electron chi connectivity index (χ1n) is 7.85. The predicted octanol–water partition coefficient (Wildman–Crippen LogP) is 2.91. The summed E-state index contributed by atoms with van der Waals surface area (Å²) >= 11 is 1.27. The van der Waals surface area contributed by atoms with Gasteiger partial charge in [0.15, 0.2) is 5.01 Å². The highest BCUT2D eigenvalue weighted by Crippen LogP contribution is 2.50. The Hall–Kier alpha value is -1.32. The zero-order valence-corrected chi connectivity index (χ0v) is 17.2. The highest BCUT2D eigenvalue weighted by atomic mass is 35.5. The van der Waals surface area contributed by atoms with Crippen LogP contribution in [0.5, 0.6) is 0 Å². The topological polar surface area (TPSA) is 103 Å². The van der Waals surface area contributed by atoms with Gasteiger partial charge >= 0.3 is 0 Å². The summed E-state index contributed by atoms with van der Waals surface area (Å²) in [6.45, 7) is 6.45. The van der Waals surface area contributed by atoms with Crippen LogP contribution < -0.4 is 11.1 Å². The van der Waals surface area contributed by atoms with Crippen molar-refractivity contribution in [1.29, 1.82) is 0 Å². The van der Waals surface area contributed by atoms with Crippen molar-refractivity contribution in [2.24, 2.45) is 11.1 Å². The maximum absolute atomic E-state index is 12.7. The highest BCUT2D eigenvalue weighted by molar-refractivity contribution is 7.18. The Morgan fingerprint density at radius 2 is 2.12 bits per heavy atom. The second kappa shape index (κ2) is 8.58. The zero-order valence-electron chi connectivity index (χ0n) is 14.8. The Bertz CT molecular complexity index is 743. The molecule has 1 amide bonds. The van der Waals surface area contributed by atoms with Crippen molar-refractivity contribution in [1.82, 2.24) is 15.2 Å². The largest absolute Gasteiger partial charge is 0.378 e. The van der Waals surface area contributed by atoms with E-state index in [9.17, 15) is 4.79 Å². The number of nitrogens with two attached hydrogens (primary N) is 1. The van der Waals surface area contributed by atoms with E-state index in [4.69, 9.17) is 10.5 Å². The van der Waals surface area contributed by atoms with Gasteiger partial charge in [-0.3, -0.25) is 15.1 Å². The lowest BCUT2D eigenvalue weighted by atomic mass is 9.54. The predicted molar refractivity (Wildman–Crippen MR) is 107 cm³/mol. The molecule has 2 aromatic heterocycles. The number of anilines is 1. The van der Waals surface area contributed by atoms with Crippen molar-refractivity contribution >= 4 is 47.2 Å². The third kappa shape index (κ3) is 3.84. The molecule has 3 rings (SSSR count). The molecule has 1 aliphatic carbocycles. The van der Waals surface area contributed by atoms with Crippen LogP contribution in [-0.2, 0) is 9.53 Å². The van der Waals surface area contributed by atoms with Crippen LogP contribution in [0, 0.1) is 5.41 Å². The summed E-state index contributed by atoms with van der Waals surface area (Å²) < 4.78 is 5.66. The molecule has 0 aliphatic heterocycles. The van der Waals surface area contributed by atoms with Crippen molar-refractivity contribution < 1.29 is 9.53 Å². The summed E-state index contributed by atoms with van der Waals surface area (Å²) in [5.74, 6) is -0.257. The third-order valence-electron chi connectivity index (χ3n) is 4.76. The second-order valence-corrected chi connectivity index (χ2v) is 7.40. The summed E-state index contributed by atoms with van der Waals surface area (Å²) in [7, 11) is 0. The number of aromatic nitrogens is 3. The Morgan fingerprint density at radius 3 is 2.69 bits per heavy atom. The Morgan fingerprint density at radius 1 is 1.38 bits per heavy atom. The minimum atomic E-state index is -0.982. The van der Waals surface area contributed by atoms with Crippen molar-refractivity contribution in [2.75, 3.05) is 11.9 Å². The number of ether oxygens (including phenoxy) is 1. The molecular weight excluding hydrogens is 397 g/mol. The first-order chi connectivity index (χ1) is 11.4. The van der Waals surface area contributed by atoms with Gasteiger partial charge in [-0.25, -0.2) is 0 Å². The molecule has 0 aromatic carbocycles. The van der Waals surface area contributed by atoms with Crippen molar-refractivity contribution in [2.45, 2.75) is 38.8 Å². The highest BCUT2D eigenvalue weighted by Gasteiger charge is 2.63. The van der Waals surface area contributed by atoms with Gasteiger partial charge in [0.2, 0.25) is 11.0 Å². The molecule has 0 bridgehead atoms. The van der Waals surface area contributed by atoms with Crippen LogP contribution in [-0.4, -0.2) is 39.3 Å². The number of carbonyl (C=O) groups is 1. The number of halogens is 2. The minimum Gasteiger partial charge on any atom is -0.378 e. The van der Waals surface area contributed by atoms with Crippen LogP contribution in [0.25, 0.3) is 10.7 Å². The third-order valence-corrected chi connectivity index (χ3v) is 5.63. The van der Waals surface area contributed by atoms with E-state index in [1.165, 1.54) is 11.3 Å². The number of hydrogen-bond acceptors (Lipinski definition) is 7. The molecule has 2 atom stereocenters. The van der Waals surface area contributed by atoms with Gasteiger partial charge in [0.25, 0.3) is 0 Å². The van der Waals surface area contributed by atoms with Gasteiger partial charge in [-0.05, 0) is 19.1 Å². The fraction of sp³-hybridized carbons (Fsp3) is 0.500. The molecule has 2 aromatic rings. The quantitative estimate of drug-likeness (QED) is 0.771. The van der Waals surface area contributed by atoms with E-state index in [2.05, 4.69) is 20.5 Å². The molecule has 26 heavy (non-hydrogen) atoms. The van der Waals surface area contributed by atoms with Crippen LogP contribution in [0.2, 0.25) is 0 Å². The van der Waals surface area contributed by atoms with E-state index in [-0.39, 0.29) is 36.8 Å². The van der Waals surface area contributed by atoms with Crippen LogP contribution in [0.1, 0.15) is 27.2 Å². The average molecular weight is 420 g/mol. The second-order valence-electron chi connectivity index (χ2n) is 6.42. The molecule has 10 heteroatoms. The number of amides is 1. The van der Waals surface area contributed by atoms with E-state index in [0.717, 1.165) is 5.69 Å². The standard InChI is InChI=1S/C16H21N5O2S.2ClH/c1-4-23-11-9-16(17,15(11,2)3)13(22)19-14-21-20-12(24-14)10-7-5-6-8-18-10;;/h5-8,11H,4,9,17H2,1-3H3,(H,19,21,22);2*1H. The molecule has 144 valence electrons. The summed E-state index contributed by atoms with van der Waals surface area (Å²) in [6.07, 6.45) is 2.16. The van der Waals surface area contributed by atoms with Gasteiger partial charge < -0.3 is 10.5 Å². The molecule has 2 unspecified atom stereocenters. The number of pyridine rings is 1. The molecule has 1 saturated carbocycles. The van der Waals surface area contributed by atoms with E-state index >= 15 is 0 Å². The maximum atomic E-state index is 12.7. The van der Waals surface area contributed by atoms with Gasteiger partial charge in [0.1, 0.15) is 11.2 Å². The van der Waals surface area contributed by atoms with Crippen LogP contribution >= 0.6 is 36.2 Å². The van der Waals surface area contributed by atoms with Crippen LogP contribution in [0.15, 0.2) is 24.4 Å². The monoisotopic (exact) mass is 419 g/mol. The van der Waals surface area contributed by atoms with E-state index in [0.29, 0.717) is 23.2 Å². The molecule has 1 fully saturated rings. The maximum Gasteiger partial charge on any atom is 0.247 e. The lowest BCUT2D eigenvalue weighted by Gasteiger charge is -2.57. The van der Waals surface area contributed by atoms with E-state index < -0.39 is 11.0 Å². The zero-order chi connectivity index (χ0) is 17.4. The molecular formula is C16H23Cl2N5O2S. The van der Waals surface area contributed by atoms with Gasteiger partial charge in [0, 0.05) is 24.6 Å². The van der Waals surface area contributed by atoms with Crippen molar-refractivity contribution in [3.63, 3.8) is 0 Å². The fourth-order valence-corrected chi connectivity index (χ4v) is 3.61. The Balaban J connectivity index is 0.00000169. The molecule has 2 heterocycles. The molecule has 1 aliphatic rings. The number of hydrogen-bond donors (Lipinski definition) is 2. The number of carbonyl (C=O) groups excluding carboxylic acids is 1. The summed E-state index contributed by atoms with van der Waals surface area (Å²) in [6, 6.07) is 5.55.